The van der Waals surface area contributed by atoms with Crippen LogP contribution in [0.25, 0.3) is 0 Å². The highest BCUT2D eigenvalue weighted by atomic mass is 16.6. The molecule has 0 aromatic heterocycles. The molecule has 0 bridgehead atoms. The second kappa shape index (κ2) is 3.10. The number of para-hydroxylation sites is 1. The summed E-state index contributed by atoms with van der Waals surface area (Å²) in [5.41, 5.74) is 11.2. The molecule has 2 rings (SSSR count). The summed E-state index contributed by atoms with van der Waals surface area (Å²) in [5, 5.41) is 0. The van der Waals surface area contributed by atoms with E-state index in [1.165, 1.54) is 0 Å². The molecule has 0 aliphatic carbocycles. The number of carbonyl (C=O) groups excluding carboxylic acids is 1. The lowest BCUT2D eigenvalue weighted by Gasteiger charge is -2.25. The van der Waals surface area contributed by atoms with Crippen molar-refractivity contribution in [2.45, 2.75) is 6.10 Å². The Bertz CT molecular complexity index is 378. The van der Waals surface area contributed by atoms with Crippen molar-refractivity contribution in [3.05, 3.63) is 18.2 Å². The summed E-state index contributed by atoms with van der Waals surface area (Å²) < 4.78 is 10.6. The van der Waals surface area contributed by atoms with Gasteiger partial charge in [-0.2, -0.15) is 0 Å². The van der Waals surface area contributed by atoms with E-state index in [-0.39, 0.29) is 6.61 Å². The Morgan fingerprint density at radius 1 is 1.50 bits per heavy atom. The number of hydrogen-bond donors (Lipinski definition) is 2. The number of ether oxygens (including phenoxy) is 2. The van der Waals surface area contributed by atoms with Gasteiger partial charge in [-0.3, -0.25) is 4.79 Å². The molecule has 1 aliphatic rings. The SMILES string of the molecule is NC(=O)C1COc2cccc(N)c2O1. The molecular formula is C9H10N2O3. The van der Waals surface area contributed by atoms with Crippen LogP contribution in [-0.2, 0) is 4.79 Å². The number of benzene rings is 1. The molecule has 0 radical (unpaired) electrons. The fourth-order valence-electron chi connectivity index (χ4n) is 1.25. The van der Waals surface area contributed by atoms with Gasteiger partial charge in [0.25, 0.3) is 5.91 Å². The van der Waals surface area contributed by atoms with Crippen LogP contribution in [0, 0.1) is 0 Å². The molecule has 0 spiro atoms. The van der Waals surface area contributed by atoms with Crippen molar-refractivity contribution in [2.24, 2.45) is 5.73 Å². The number of primary amides is 1. The molecule has 14 heavy (non-hydrogen) atoms. The minimum atomic E-state index is -0.757. The van der Waals surface area contributed by atoms with E-state index in [4.69, 9.17) is 20.9 Å². The van der Waals surface area contributed by atoms with Crippen LogP contribution < -0.4 is 20.9 Å². The van der Waals surface area contributed by atoms with Crippen LogP contribution in [-0.4, -0.2) is 18.6 Å². The lowest BCUT2D eigenvalue weighted by atomic mass is 10.2. The molecule has 1 atom stereocenters. The first-order valence-corrected chi connectivity index (χ1v) is 4.16. The van der Waals surface area contributed by atoms with Crippen molar-refractivity contribution in [1.82, 2.24) is 0 Å². The number of nitrogen functional groups attached to an aromatic ring is 1. The quantitative estimate of drug-likeness (QED) is 0.611. The van der Waals surface area contributed by atoms with Gasteiger partial charge in [-0.1, -0.05) is 6.07 Å². The van der Waals surface area contributed by atoms with Gasteiger partial charge in [-0.15, -0.1) is 0 Å². The summed E-state index contributed by atoms with van der Waals surface area (Å²) in [4.78, 5) is 10.9. The van der Waals surface area contributed by atoms with Crippen LogP contribution >= 0.6 is 0 Å². The van der Waals surface area contributed by atoms with Crippen molar-refractivity contribution < 1.29 is 14.3 Å². The molecule has 0 fully saturated rings. The van der Waals surface area contributed by atoms with E-state index in [9.17, 15) is 4.79 Å². The highest BCUT2D eigenvalue weighted by molar-refractivity contribution is 5.80. The maximum Gasteiger partial charge on any atom is 0.262 e. The minimum absolute atomic E-state index is 0.131. The highest BCUT2D eigenvalue weighted by Crippen LogP contribution is 2.36. The van der Waals surface area contributed by atoms with Gasteiger partial charge < -0.3 is 20.9 Å². The van der Waals surface area contributed by atoms with Crippen molar-refractivity contribution >= 4 is 11.6 Å². The Balaban J connectivity index is 2.33. The average molecular weight is 194 g/mol. The van der Waals surface area contributed by atoms with Gasteiger partial charge in [0.2, 0.25) is 6.10 Å². The first-order valence-electron chi connectivity index (χ1n) is 4.16. The van der Waals surface area contributed by atoms with E-state index in [1.807, 2.05) is 0 Å². The van der Waals surface area contributed by atoms with E-state index in [0.717, 1.165) is 0 Å². The fourth-order valence-corrected chi connectivity index (χ4v) is 1.25. The van der Waals surface area contributed by atoms with Crippen molar-refractivity contribution in [2.75, 3.05) is 12.3 Å². The Labute approximate surface area is 80.6 Å². The zero-order valence-electron chi connectivity index (χ0n) is 7.40. The molecule has 1 aromatic carbocycles. The first kappa shape index (κ1) is 8.68. The third-order valence-corrected chi connectivity index (χ3v) is 1.98. The van der Waals surface area contributed by atoms with Crippen LogP contribution in [0.1, 0.15) is 0 Å². The summed E-state index contributed by atoms with van der Waals surface area (Å²) in [6.45, 7) is 0.131. The molecule has 1 aromatic rings. The Hall–Kier alpha value is -1.91. The number of amides is 1. The second-order valence-corrected chi connectivity index (χ2v) is 2.99. The molecule has 1 heterocycles. The molecule has 0 saturated carbocycles. The second-order valence-electron chi connectivity index (χ2n) is 2.99. The summed E-state index contributed by atoms with van der Waals surface area (Å²) in [5.74, 6) is 0.379. The minimum Gasteiger partial charge on any atom is -0.485 e. The van der Waals surface area contributed by atoms with Crippen molar-refractivity contribution in [3.8, 4) is 11.5 Å². The Morgan fingerprint density at radius 3 is 3.00 bits per heavy atom. The fraction of sp³-hybridized carbons (Fsp3) is 0.222. The van der Waals surface area contributed by atoms with Crippen molar-refractivity contribution in [3.63, 3.8) is 0 Å². The smallest absolute Gasteiger partial charge is 0.262 e. The number of anilines is 1. The maximum absolute atomic E-state index is 10.9. The molecule has 5 nitrogen and oxygen atoms in total. The number of nitrogens with two attached hydrogens (primary N) is 2. The van der Waals surface area contributed by atoms with E-state index in [0.29, 0.717) is 17.2 Å². The third kappa shape index (κ3) is 1.32. The number of hydrogen-bond acceptors (Lipinski definition) is 4. The molecular weight excluding hydrogens is 184 g/mol. The Kier molecular flexibility index (Phi) is 1.92. The first-order chi connectivity index (χ1) is 6.68. The molecule has 74 valence electrons. The van der Waals surface area contributed by atoms with Gasteiger partial charge in [0.05, 0.1) is 5.69 Å². The van der Waals surface area contributed by atoms with E-state index in [1.54, 1.807) is 18.2 Å². The summed E-state index contributed by atoms with van der Waals surface area (Å²) in [7, 11) is 0. The lowest BCUT2D eigenvalue weighted by molar-refractivity contribution is -0.126. The zero-order chi connectivity index (χ0) is 10.1. The maximum atomic E-state index is 10.9. The standard InChI is InChI=1S/C9H10N2O3/c10-5-2-1-3-6-8(5)14-7(4-13-6)9(11)12/h1-3,7H,4,10H2,(H2,11,12). The molecule has 4 N–H and O–H groups in total. The van der Waals surface area contributed by atoms with Gasteiger partial charge in [0.1, 0.15) is 6.61 Å². The summed E-state index contributed by atoms with van der Waals surface area (Å²) in [6.07, 6.45) is -0.757. The predicted octanol–water partition coefficient (Wildman–Crippen LogP) is -0.106. The van der Waals surface area contributed by atoms with Crippen LogP contribution in [0.4, 0.5) is 5.69 Å². The van der Waals surface area contributed by atoms with Gasteiger partial charge in [0.15, 0.2) is 11.5 Å². The number of rotatable bonds is 1. The topological polar surface area (TPSA) is 87.6 Å². The largest absolute Gasteiger partial charge is 0.485 e. The van der Waals surface area contributed by atoms with Crippen LogP contribution in [0.2, 0.25) is 0 Å². The molecule has 1 amide bonds. The molecule has 1 aliphatic heterocycles. The monoisotopic (exact) mass is 194 g/mol. The van der Waals surface area contributed by atoms with Crippen molar-refractivity contribution in [1.29, 1.82) is 0 Å². The number of fused-ring (bicyclic) bond motifs is 1. The lowest BCUT2D eigenvalue weighted by Crippen LogP contribution is -2.41. The van der Waals surface area contributed by atoms with Crippen LogP contribution in [0.5, 0.6) is 11.5 Å². The van der Waals surface area contributed by atoms with Gasteiger partial charge in [-0.25, -0.2) is 0 Å². The predicted molar refractivity (Wildman–Crippen MR) is 50.0 cm³/mol. The van der Waals surface area contributed by atoms with Crippen LogP contribution in [0.15, 0.2) is 18.2 Å². The third-order valence-electron chi connectivity index (χ3n) is 1.98. The highest BCUT2D eigenvalue weighted by Gasteiger charge is 2.26. The van der Waals surface area contributed by atoms with Crippen LogP contribution in [0.3, 0.4) is 0 Å². The van der Waals surface area contributed by atoms with Gasteiger partial charge in [0, 0.05) is 0 Å². The Morgan fingerprint density at radius 2 is 2.29 bits per heavy atom. The summed E-state index contributed by atoms with van der Waals surface area (Å²) in [6, 6.07) is 5.15. The zero-order valence-corrected chi connectivity index (χ0v) is 7.40. The summed E-state index contributed by atoms with van der Waals surface area (Å²) >= 11 is 0. The van der Waals surface area contributed by atoms with E-state index < -0.39 is 12.0 Å². The molecule has 1 unspecified atom stereocenters. The average Bonchev–Trinajstić information content (AvgIpc) is 2.18. The van der Waals surface area contributed by atoms with E-state index >= 15 is 0 Å². The van der Waals surface area contributed by atoms with Gasteiger partial charge in [-0.05, 0) is 12.1 Å². The number of carbonyl (C=O) groups is 1. The van der Waals surface area contributed by atoms with E-state index in [2.05, 4.69) is 0 Å². The van der Waals surface area contributed by atoms with Gasteiger partial charge >= 0.3 is 0 Å². The normalized spacial score (nSPS) is 19.0. The molecule has 0 saturated heterocycles. The molecule has 5 heteroatoms.